The first-order chi connectivity index (χ1) is 9.63. The Morgan fingerprint density at radius 3 is 2.80 bits per heavy atom. The maximum absolute atomic E-state index is 13.8. The molecule has 6 nitrogen and oxygen atoms in total. The summed E-state index contributed by atoms with van der Waals surface area (Å²) in [6.45, 7) is 2.60. The van der Waals surface area contributed by atoms with Gasteiger partial charge in [-0.3, -0.25) is 10.1 Å². The van der Waals surface area contributed by atoms with Gasteiger partial charge in [-0.25, -0.2) is 14.4 Å². The molecule has 2 rings (SSSR count). The lowest BCUT2D eigenvalue weighted by Crippen LogP contribution is -2.06. The van der Waals surface area contributed by atoms with Crippen molar-refractivity contribution in [3.05, 3.63) is 46.4 Å². The van der Waals surface area contributed by atoms with Crippen LogP contribution in [0.4, 0.5) is 16.0 Å². The van der Waals surface area contributed by atoms with Crippen LogP contribution in [0.2, 0.25) is 0 Å². The molecule has 1 heterocycles. The molecule has 20 heavy (non-hydrogen) atoms. The number of anilines is 1. The number of nitrogens with zero attached hydrogens (tertiary/aromatic N) is 3. The molecule has 0 spiro atoms. The van der Waals surface area contributed by atoms with Gasteiger partial charge in [-0.2, -0.15) is 0 Å². The van der Waals surface area contributed by atoms with Crippen LogP contribution in [0.5, 0.6) is 0 Å². The van der Waals surface area contributed by atoms with Gasteiger partial charge in [0, 0.05) is 12.1 Å². The smallest absolute Gasteiger partial charge is 0.313 e. The fourth-order valence-corrected chi connectivity index (χ4v) is 1.68. The van der Waals surface area contributed by atoms with Crippen LogP contribution in [0.1, 0.15) is 13.3 Å². The Morgan fingerprint density at radius 1 is 1.40 bits per heavy atom. The topological polar surface area (TPSA) is 81.0 Å². The standard InChI is InChI=1S/C13H13FN4O2/c1-2-7-15-13-16-8-11(18(19)20)12(17-13)9-5-3-4-6-10(9)14/h3-6,8H,2,7H2,1H3,(H,15,16,17). The molecule has 2 aromatic rings. The minimum absolute atomic E-state index is 0.0262. The van der Waals surface area contributed by atoms with Crippen molar-refractivity contribution in [2.24, 2.45) is 0 Å². The molecule has 0 atom stereocenters. The molecule has 0 saturated carbocycles. The van der Waals surface area contributed by atoms with E-state index in [-0.39, 0.29) is 22.9 Å². The van der Waals surface area contributed by atoms with Crippen molar-refractivity contribution in [3.63, 3.8) is 0 Å². The van der Waals surface area contributed by atoms with Gasteiger partial charge in [0.2, 0.25) is 5.95 Å². The van der Waals surface area contributed by atoms with Crippen LogP contribution in [-0.2, 0) is 0 Å². The molecule has 0 radical (unpaired) electrons. The van der Waals surface area contributed by atoms with Gasteiger partial charge in [-0.1, -0.05) is 19.1 Å². The summed E-state index contributed by atoms with van der Waals surface area (Å²) in [7, 11) is 0. The second-order valence-corrected chi connectivity index (χ2v) is 4.09. The van der Waals surface area contributed by atoms with E-state index < -0.39 is 10.7 Å². The molecule has 0 aliphatic rings. The highest BCUT2D eigenvalue weighted by Crippen LogP contribution is 2.29. The van der Waals surface area contributed by atoms with E-state index in [4.69, 9.17) is 0 Å². The molecule has 1 aromatic heterocycles. The molecule has 1 aromatic carbocycles. The highest BCUT2D eigenvalue weighted by molar-refractivity contribution is 5.70. The third-order valence-corrected chi connectivity index (χ3v) is 2.63. The molecule has 104 valence electrons. The Balaban J connectivity index is 2.53. The van der Waals surface area contributed by atoms with Crippen LogP contribution in [0.3, 0.4) is 0 Å². The third-order valence-electron chi connectivity index (χ3n) is 2.63. The van der Waals surface area contributed by atoms with Crippen LogP contribution >= 0.6 is 0 Å². The van der Waals surface area contributed by atoms with Crippen molar-refractivity contribution in [3.8, 4) is 11.3 Å². The molecule has 0 amide bonds. The number of hydrogen-bond acceptors (Lipinski definition) is 5. The Kier molecular flexibility index (Phi) is 4.19. The van der Waals surface area contributed by atoms with Gasteiger partial charge in [0.15, 0.2) is 5.69 Å². The van der Waals surface area contributed by atoms with Crippen molar-refractivity contribution in [2.75, 3.05) is 11.9 Å². The molecule has 7 heteroatoms. The van der Waals surface area contributed by atoms with Gasteiger partial charge in [-0.05, 0) is 18.6 Å². The number of hydrogen-bond donors (Lipinski definition) is 1. The van der Waals surface area contributed by atoms with Crippen LogP contribution in [0.25, 0.3) is 11.3 Å². The van der Waals surface area contributed by atoms with Gasteiger partial charge < -0.3 is 5.32 Å². The molecule has 1 N–H and O–H groups in total. The van der Waals surface area contributed by atoms with Crippen LogP contribution in [0.15, 0.2) is 30.5 Å². The number of nitro groups is 1. The van der Waals surface area contributed by atoms with Crippen molar-refractivity contribution in [1.29, 1.82) is 0 Å². The van der Waals surface area contributed by atoms with E-state index in [2.05, 4.69) is 15.3 Å². The van der Waals surface area contributed by atoms with Crippen molar-refractivity contribution < 1.29 is 9.31 Å². The SMILES string of the molecule is CCCNc1ncc([N+](=O)[O-])c(-c2ccccc2F)n1. The van der Waals surface area contributed by atoms with Crippen molar-refractivity contribution >= 4 is 11.6 Å². The third kappa shape index (κ3) is 2.87. The van der Waals surface area contributed by atoms with E-state index >= 15 is 0 Å². The average molecular weight is 276 g/mol. The van der Waals surface area contributed by atoms with E-state index in [0.29, 0.717) is 6.54 Å². The first-order valence-corrected chi connectivity index (χ1v) is 6.13. The summed E-state index contributed by atoms with van der Waals surface area (Å²) in [5.41, 5.74) is -0.264. The van der Waals surface area contributed by atoms with E-state index in [1.165, 1.54) is 18.2 Å². The first kappa shape index (κ1) is 13.9. The van der Waals surface area contributed by atoms with E-state index in [1.807, 2.05) is 6.92 Å². The van der Waals surface area contributed by atoms with Crippen molar-refractivity contribution in [2.45, 2.75) is 13.3 Å². The number of nitrogens with one attached hydrogen (secondary N) is 1. The minimum Gasteiger partial charge on any atom is -0.354 e. The Labute approximate surface area is 114 Å². The molecule has 0 bridgehead atoms. The van der Waals surface area contributed by atoms with Gasteiger partial charge in [-0.15, -0.1) is 0 Å². The summed E-state index contributed by atoms with van der Waals surface area (Å²) >= 11 is 0. The first-order valence-electron chi connectivity index (χ1n) is 6.13. The quantitative estimate of drug-likeness (QED) is 0.670. The fourth-order valence-electron chi connectivity index (χ4n) is 1.68. The summed E-state index contributed by atoms with van der Waals surface area (Å²) in [4.78, 5) is 18.3. The average Bonchev–Trinajstić information content (AvgIpc) is 2.45. The molecule has 0 fully saturated rings. The predicted molar refractivity (Wildman–Crippen MR) is 72.9 cm³/mol. The minimum atomic E-state index is -0.620. The van der Waals surface area contributed by atoms with Gasteiger partial charge in [0.05, 0.1) is 4.92 Å². The highest BCUT2D eigenvalue weighted by Gasteiger charge is 2.21. The zero-order valence-electron chi connectivity index (χ0n) is 10.8. The summed E-state index contributed by atoms with van der Waals surface area (Å²) in [5.74, 6) is -0.313. The van der Waals surface area contributed by atoms with E-state index in [9.17, 15) is 14.5 Å². The summed E-state index contributed by atoms with van der Waals surface area (Å²) in [5, 5.41) is 13.9. The highest BCUT2D eigenvalue weighted by atomic mass is 19.1. The fraction of sp³-hybridized carbons (Fsp3) is 0.231. The maximum Gasteiger partial charge on any atom is 0.313 e. The summed E-state index contributed by atoms with van der Waals surface area (Å²) < 4.78 is 13.8. The maximum atomic E-state index is 13.8. The van der Waals surface area contributed by atoms with E-state index in [1.54, 1.807) is 6.07 Å². The number of aromatic nitrogens is 2. The Hall–Kier alpha value is -2.57. The lowest BCUT2D eigenvalue weighted by atomic mass is 10.1. The summed E-state index contributed by atoms with van der Waals surface area (Å²) in [6, 6.07) is 5.81. The Bertz CT molecular complexity index is 634. The van der Waals surface area contributed by atoms with Gasteiger partial charge in [0.25, 0.3) is 0 Å². The van der Waals surface area contributed by atoms with Crippen LogP contribution in [0, 0.1) is 15.9 Å². The van der Waals surface area contributed by atoms with Crippen LogP contribution < -0.4 is 5.32 Å². The lowest BCUT2D eigenvalue weighted by Gasteiger charge is -2.07. The monoisotopic (exact) mass is 276 g/mol. The van der Waals surface area contributed by atoms with Gasteiger partial charge >= 0.3 is 5.69 Å². The zero-order valence-corrected chi connectivity index (χ0v) is 10.8. The molecular formula is C13H13FN4O2. The second-order valence-electron chi connectivity index (χ2n) is 4.09. The van der Waals surface area contributed by atoms with E-state index in [0.717, 1.165) is 12.6 Å². The molecule has 0 aliphatic carbocycles. The number of benzene rings is 1. The molecule has 0 unspecified atom stereocenters. The van der Waals surface area contributed by atoms with Crippen molar-refractivity contribution in [1.82, 2.24) is 9.97 Å². The molecule has 0 aliphatic heterocycles. The largest absolute Gasteiger partial charge is 0.354 e. The summed E-state index contributed by atoms with van der Waals surface area (Å²) in [6.07, 6.45) is 1.95. The number of rotatable bonds is 5. The number of halogens is 1. The predicted octanol–water partition coefficient (Wildman–Crippen LogP) is 3.01. The van der Waals surface area contributed by atoms with Gasteiger partial charge in [0.1, 0.15) is 12.0 Å². The molecule has 0 saturated heterocycles. The second kappa shape index (κ2) is 6.05. The lowest BCUT2D eigenvalue weighted by molar-refractivity contribution is -0.384. The zero-order chi connectivity index (χ0) is 14.5. The van der Waals surface area contributed by atoms with Crippen LogP contribution in [-0.4, -0.2) is 21.4 Å². The Morgan fingerprint density at radius 2 is 2.15 bits per heavy atom. The molecular weight excluding hydrogens is 263 g/mol. The normalized spacial score (nSPS) is 10.3.